The summed E-state index contributed by atoms with van der Waals surface area (Å²) < 4.78 is 29.8. The Morgan fingerprint density at radius 2 is 1.96 bits per heavy atom. The molecule has 1 aliphatic rings. The van der Waals surface area contributed by atoms with E-state index in [-0.39, 0.29) is 18.3 Å². The molecule has 3 unspecified atom stereocenters. The van der Waals surface area contributed by atoms with Crippen LogP contribution in [0.1, 0.15) is 40.5 Å². The molecule has 2 nitrogen and oxygen atoms in total. The number of nitrogens with zero attached hydrogens (tertiary/aromatic N) is 2. The summed E-state index contributed by atoms with van der Waals surface area (Å²) in [6, 6.07) is 1.69. The van der Waals surface area contributed by atoms with Crippen LogP contribution in [0.15, 0.2) is 71.0 Å². The topological polar surface area (TPSA) is 27.0 Å². The molecule has 0 aromatic heterocycles. The average molecular weight is 387 g/mol. The molecular formula is C24H32F2N2. The van der Waals surface area contributed by atoms with Gasteiger partial charge in [-0.3, -0.25) is 0 Å². The van der Waals surface area contributed by atoms with E-state index in [9.17, 15) is 9.65 Å². The molecule has 28 heavy (non-hydrogen) atoms. The van der Waals surface area contributed by atoms with Gasteiger partial charge in [0.15, 0.2) is 0 Å². The number of allylic oxidation sites excluding steroid dienone is 10. The lowest BCUT2D eigenvalue weighted by molar-refractivity contribution is 0.299. The molecule has 0 radical (unpaired) electrons. The lowest BCUT2D eigenvalue weighted by atomic mass is 9.70. The Labute approximate surface area is 168 Å². The van der Waals surface area contributed by atoms with Crippen molar-refractivity contribution in [3.05, 3.63) is 71.0 Å². The van der Waals surface area contributed by atoms with Crippen LogP contribution in [0.2, 0.25) is 0 Å². The van der Waals surface area contributed by atoms with E-state index in [2.05, 4.69) is 20.4 Å². The molecule has 1 aliphatic carbocycles. The fourth-order valence-corrected chi connectivity index (χ4v) is 3.60. The van der Waals surface area contributed by atoms with Crippen LogP contribution in [-0.2, 0) is 0 Å². The van der Waals surface area contributed by atoms with Crippen LogP contribution < -0.4 is 0 Å². The zero-order valence-electron chi connectivity index (χ0n) is 17.9. The van der Waals surface area contributed by atoms with Gasteiger partial charge in [0.2, 0.25) is 0 Å². The zero-order valence-corrected chi connectivity index (χ0v) is 17.9. The van der Waals surface area contributed by atoms with E-state index in [0.717, 1.165) is 12.1 Å². The predicted octanol–water partition coefficient (Wildman–Crippen LogP) is 6.79. The highest BCUT2D eigenvalue weighted by atomic mass is 19.1. The van der Waals surface area contributed by atoms with Crippen LogP contribution in [0.4, 0.5) is 8.78 Å². The summed E-state index contributed by atoms with van der Waals surface area (Å²) in [7, 11) is 3.79. The normalized spacial score (nSPS) is 20.7. The lowest BCUT2D eigenvalue weighted by Crippen LogP contribution is -2.26. The summed E-state index contributed by atoms with van der Waals surface area (Å²) in [5, 5.41) is 9.27. The standard InChI is InChI=1S/C24H32F2N2/c1-8-11-18(28(6)7)13-17(5)23-20(19(12-9-2)16(4)10-3)14-22(25)21(15-27)24(23)26/h8-9,11-13,16,19-20H,5,10,14H2,1-4,6-7H3/b11-8-,12-9?,18-13+. The summed E-state index contributed by atoms with van der Waals surface area (Å²) >= 11 is 0. The van der Waals surface area contributed by atoms with Gasteiger partial charge in [0.1, 0.15) is 23.3 Å². The van der Waals surface area contributed by atoms with Gasteiger partial charge in [-0.05, 0) is 43.4 Å². The SMILES string of the molecule is C=C(/C=C(\C=C/C)N(C)C)C1=C(F)C(C#N)=C(F)CC1C(C=CC)C(C)CC. The largest absolute Gasteiger partial charge is 0.378 e. The van der Waals surface area contributed by atoms with Gasteiger partial charge in [0.25, 0.3) is 0 Å². The first kappa shape index (κ1) is 23.6. The molecule has 0 bridgehead atoms. The van der Waals surface area contributed by atoms with E-state index in [1.165, 1.54) is 0 Å². The molecule has 0 aliphatic heterocycles. The minimum absolute atomic E-state index is 0.0127. The molecule has 0 fully saturated rings. The van der Waals surface area contributed by atoms with Crippen molar-refractivity contribution in [2.24, 2.45) is 17.8 Å². The summed E-state index contributed by atoms with van der Waals surface area (Å²) in [4.78, 5) is 1.90. The first-order valence-electron chi connectivity index (χ1n) is 9.75. The molecule has 3 atom stereocenters. The Kier molecular flexibility index (Phi) is 9.12. The second-order valence-corrected chi connectivity index (χ2v) is 7.41. The lowest BCUT2D eigenvalue weighted by Gasteiger charge is -2.34. The predicted molar refractivity (Wildman–Crippen MR) is 113 cm³/mol. The maximum atomic E-state index is 15.3. The Balaban J connectivity index is 3.62. The second kappa shape index (κ2) is 10.8. The Morgan fingerprint density at radius 3 is 2.43 bits per heavy atom. The van der Waals surface area contributed by atoms with E-state index >= 15 is 4.39 Å². The zero-order chi connectivity index (χ0) is 21.4. The van der Waals surface area contributed by atoms with Crippen molar-refractivity contribution >= 4 is 0 Å². The number of likely N-dealkylation sites (N-methyl/N-ethyl adjacent to an activating group) is 1. The van der Waals surface area contributed by atoms with E-state index in [0.29, 0.717) is 11.1 Å². The van der Waals surface area contributed by atoms with Gasteiger partial charge in [0.05, 0.1) is 0 Å². The summed E-state index contributed by atoms with van der Waals surface area (Å²) in [5.74, 6) is -1.67. The maximum absolute atomic E-state index is 15.3. The molecule has 152 valence electrons. The quantitative estimate of drug-likeness (QED) is 0.339. The Bertz CT molecular complexity index is 773. The van der Waals surface area contributed by atoms with Crippen molar-refractivity contribution in [2.45, 2.75) is 40.5 Å². The van der Waals surface area contributed by atoms with Gasteiger partial charge >= 0.3 is 0 Å². The summed E-state index contributed by atoms with van der Waals surface area (Å²) in [6.07, 6.45) is 10.4. The van der Waals surface area contributed by atoms with Crippen molar-refractivity contribution in [3.8, 4) is 6.07 Å². The highest BCUT2D eigenvalue weighted by Gasteiger charge is 2.36. The van der Waals surface area contributed by atoms with E-state index in [4.69, 9.17) is 0 Å². The van der Waals surface area contributed by atoms with E-state index in [1.54, 1.807) is 12.1 Å². The molecule has 0 N–H and O–H groups in total. The fourth-order valence-electron chi connectivity index (χ4n) is 3.60. The molecule has 0 amide bonds. The molecule has 0 heterocycles. The third-order valence-corrected chi connectivity index (χ3v) is 5.31. The number of hydrogen-bond donors (Lipinski definition) is 0. The number of rotatable bonds is 8. The number of halogens is 2. The average Bonchev–Trinajstić information content (AvgIpc) is 2.64. The van der Waals surface area contributed by atoms with Crippen LogP contribution in [-0.4, -0.2) is 19.0 Å². The molecular weight excluding hydrogens is 354 g/mol. The van der Waals surface area contributed by atoms with E-state index in [1.807, 2.05) is 57.1 Å². The first-order chi connectivity index (χ1) is 13.2. The minimum atomic E-state index is -0.783. The summed E-state index contributed by atoms with van der Waals surface area (Å²) in [6.45, 7) is 12.1. The van der Waals surface area contributed by atoms with Gasteiger partial charge in [-0.1, -0.05) is 45.1 Å². The van der Waals surface area contributed by atoms with E-state index < -0.39 is 23.1 Å². The molecule has 0 aromatic rings. The molecule has 1 rings (SSSR count). The number of hydrogen-bond acceptors (Lipinski definition) is 2. The highest BCUT2D eigenvalue weighted by Crippen LogP contribution is 2.45. The third kappa shape index (κ3) is 5.32. The first-order valence-corrected chi connectivity index (χ1v) is 9.75. The number of nitriles is 1. The second-order valence-electron chi connectivity index (χ2n) is 7.41. The maximum Gasteiger partial charge on any atom is 0.147 e. The van der Waals surface area contributed by atoms with Gasteiger partial charge in [-0.15, -0.1) is 0 Å². The van der Waals surface area contributed by atoms with Crippen molar-refractivity contribution < 1.29 is 8.78 Å². The highest BCUT2D eigenvalue weighted by molar-refractivity contribution is 5.55. The Hall–Kier alpha value is -2.41. The minimum Gasteiger partial charge on any atom is -0.378 e. The van der Waals surface area contributed by atoms with Gasteiger partial charge in [-0.25, -0.2) is 8.78 Å². The van der Waals surface area contributed by atoms with Gasteiger partial charge in [0, 0.05) is 37.7 Å². The van der Waals surface area contributed by atoms with Crippen molar-refractivity contribution in [2.75, 3.05) is 14.1 Å². The Morgan fingerprint density at radius 1 is 1.32 bits per heavy atom. The smallest absolute Gasteiger partial charge is 0.147 e. The van der Waals surface area contributed by atoms with Crippen molar-refractivity contribution in [3.63, 3.8) is 0 Å². The molecule has 0 spiro atoms. The summed E-state index contributed by atoms with van der Waals surface area (Å²) in [5.41, 5.74) is 1.17. The van der Waals surface area contributed by atoms with Crippen LogP contribution in [0.3, 0.4) is 0 Å². The van der Waals surface area contributed by atoms with Gasteiger partial charge in [-0.2, -0.15) is 5.26 Å². The van der Waals surface area contributed by atoms with Crippen LogP contribution in [0.5, 0.6) is 0 Å². The monoisotopic (exact) mass is 386 g/mol. The van der Waals surface area contributed by atoms with Crippen LogP contribution in [0, 0.1) is 29.1 Å². The van der Waals surface area contributed by atoms with Crippen molar-refractivity contribution in [1.29, 1.82) is 5.26 Å². The fraction of sp³-hybridized carbons (Fsp3) is 0.458. The molecule has 0 aromatic carbocycles. The van der Waals surface area contributed by atoms with Crippen LogP contribution in [0.25, 0.3) is 0 Å². The van der Waals surface area contributed by atoms with Crippen LogP contribution >= 0.6 is 0 Å². The molecule has 0 saturated carbocycles. The molecule has 4 heteroatoms. The van der Waals surface area contributed by atoms with Crippen molar-refractivity contribution in [1.82, 2.24) is 4.90 Å². The van der Waals surface area contributed by atoms with Gasteiger partial charge < -0.3 is 4.90 Å². The third-order valence-electron chi connectivity index (χ3n) is 5.31. The molecule has 0 saturated heterocycles.